The first kappa shape index (κ1) is 20.5. The second kappa shape index (κ2) is 8.90. The van der Waals surface area contributed by atoms with Crippen LogP contribution in [0.2, 0.25) is 0 Å². The molecule has 5 nitrogen and oxygen atoms in total. The zero-order valence-electron chi connectivity index (χ0n) is 17.9. The van der Waals surface area contributed by atoms with Crippen molar-refractivity contribution in [3.8, 4) is 0 Å². The minimum Gasteiger partial charge on any atom is -0.381 e. The van der Waals surface area contributed by atoms with E-state index in [0.29, 0.717) is 25.4 Å². The van der Waals surface area contributed by atoms with Crippen LogP contribution in [0.15, 0.2) is 48.5 Å². The fraction of sp³-hybridized carbons (Fsp3) is 0.440. The average Bonchev–Trinajstić information content (AvgIpc) is 3.08. The average molecular weight is 406 g/mol. The van der Waals surface area contributed by atoms with Gasteiger partial charge < -0.3 is 15.1 Å². The van der Waals surface area contributed by atoms with Crippen molar-refractivity contribution < 1.29 is 9.59 Å². The van der Waals surface area contributed by atoms with Crippen LogP contribution in [0, 0.1) is 0 Å². The Balaban J connectivity index is 1.28. The predicted molar refractivity (Wildman–Crippen MR) is 120 cm³/mol. The van der Waals surface area contributed by atoms with Crippen molar-refractivity contribution in [1.82, 2.24) is 9.80 Å². The molecule has 0 aliphatic carbocycles. The maximum Gasteiger partial charge on any atom is 0.254 e. The molecule has 0 radical (unpaired) electrons. The van der Waals surface area contributed by atoms with Crippen LogP contribution in [0.5, 0.6) is 0 Å². The summed E-state index contributed by atoms with van der Waals surface area (Å²) >= 11 is 0. The quantitative estimate of drug-likeness (QED) is 0.781. The third-order valence-electron chi connectivity index (χ3n) is 6.21. The molecule has 2 aliphatic heterocycles. The molecule has 30 heavy (non-hydrogen) atoms. The number of anilines is 1. The Hall–Kier alpha value is -2.82. The number of rotatable bonds is 6. The predicted octanol–water partition coefficient (Wildman–Crippen LogP) is 4.26. The molecule has 2 amide bonds. The zero-order chi connectivity index (χ0) is 21.1. The molecule has 1 atom stereocenters. The molecule has 2 aliphatic rings. The SMILES string of the molecule is CC(C)c1ccc(N[C@H]2CCCN(C(=O)CCN3Cc4ccccc4C3=O)C2)cc1. The minimum atomic E-state index is 0.0430. The van der Waals surface area contributed by atoms with Crippen LogP contribution < -0.4 is 5.32 Å². The lowest BCUT2D eigenvalue weighted by molar-refractivity contribution is -0.132. The van der Waals surface area contributed by atoms with Gasteiger partial charge in [0, 0.05) is 49.9 Å². The molecule has 0 saturated carbocycles. The Morgan fingerprint density at radius 2 is 1.90 bits per heavy atom. The molecule has 2 heterocycles. The lowest BCUT2D eigenvalue weighted by Gasteiger charge is -2.34. The van der Waals surface area contributed by atoms with Crippen molar-refractivity contribution in [1.29, 1.82) is 0 Å². The van der Waals surface area contributed by atoms with Crippen molar-refractivity contribution in [3.63, 3.8) is 0 Å². The highest BCUT2D eigenvalue weighted by molar-refractivity contribution is 5.98. The monoisotopic (exact) mass is 405 g/mol. The van der Waals surface area contributed by atoms with Crippen LogP contribution >= 0.6 is 0 Å². The Morgan fingerprint density at radius 3 is 2.63 bits per heavy atom. The summed E-state index contributed by atoms with van der Waals surface area (Å²) in [6.07, 6.45) is 2.45. The maximum absolute atomic E-state index is 12.8. The Kier molecular flexibility index (Phi) is 6.07. The smallest absolute Gasteiger partial charge is 0.254 e. The number of benzene rings is 2. The molecule has 4 rings (SSSR count). The number of hydrogen-bond donors (Lipinski definition) is 1. The number of amides is 2. The lowest BCUT2D eigenvalue weighted by atomic mass is 10.0. The molecule has 1 N–H and O–H groups in total. The van der Waals surface area contributed by atoms with E-state index < -0.39 is 0 Å². The van der Waals surface area contributed by atoms with Crippen LogP contribution in [-0.2, 0) is 11.3 Å². The van der Waals surface area contributed by atoms with E-state index in [2.05, 4.69) is 43.4 Å². The highest BCUT2D eigenvalue weighted by Crippen LogP contribution is 2.23. The van der Waals surface area contributed by atoms with Gasteiger partial charge in [-0.25, -0.2) is 0 Å². The van der Waals surface area contributed by atoms with Gasteiger partial charge in [0.15, 0.2) is 0 Å². The van der Waals surface area contributed by atoms with Gasteiger partial charge in [0.05, 0.1) is 0 Å². The van der Waals surface area contributed by atoms with Crippen LogP contribution in [0.25, 0.3) is 0 Å². The van der Waals surface area contributed by atoms with E-state index in [-0.39, 0.29) is 17.9 Å². The summed E-state index contributed by atoms with van der Waals surface area (Å²) in [5.74, 6) is 0.707. The zero-order valence-corrected chi connectivity index (χ0v) is 17.9. The molecule has 0 spiro atoms. The molecule has 1 saturated heterocycles. The van der Waals surface area contributed by atoms with E-state index in [1.165, 1.54) is 5.56 Å². The van der Waals surface area contributed by atoms with Gasteiger partial charge in [-0.2, -0.15) is 0 Å². The van der Waals surface area contributed by atoms with Gasteiger partial charge in [-0.15, -0.1) is 0 Å². The van der Waals surface area contributed by atoms with Crippen molar-refractivity contribution in [3.05, 3.63) is 65.2 Å². The van der Waals surface area contributed by atoms with E-state index in [9.17, 15) is 9.59 Å². The van der Waals surface area contributed by atoms with Crippen LogP contribution in [0.1, 0.15) is 60.5 Å². The third kappa shape index (κ3) is 4.50. The van der Waals surface area contributed by atoms with E-state index in [1.807, 2.05) is 29.2 Å². The summed E-state index contributed by atoms with van der Waals surface area (Å²) in [6.45, 7) is 7.01. The normalized spacial score (nSPS) is 18.6. The van der Waals surface area contributed by atoms with E-state index in [0.717, 1.165) is 42.7 Å². The van der Waals surface area contributed by atoms with Gasteiger partial charge >= 0.3 is 0 Å². The topological polar surface area (TPSA) is 52.7 Å². The van der Waals surface area contributed by atoms with Gasteiger partial charge in [-0.05, 0) is 48.1 Å². The molecule has 2 aromatic carbocycles. The van der Waals surface area contributed by atoms with E-state index in [1.54, 1.807) is 4.90 Å². The first-order chi connectivity index (χ1) is 14.5. The second-order valence-corrected chi connectivity index (χ2v) is 8.73. The van der Waals surface area contributed by atoms with E-state index >= 15 is 0 Å². The largest absolute Gasteiger partial charge is 0.381 e. The molecule has 5 heteroatoms. The van der Waals surface area contributed by atoms with Gasteiger partial charge in [0.2, 0.25) is 5.91 Å². The number of hydrogen-bond acceptors (Lipinski definition) is 3. The third-order valence-corrected chi connectivity index (χ3v) is 6.21. The number of nitrogens with one attached hydrogen (secondary N) is 1. The number of fused-ring (bicyclic) bond motifs is 1. The van der Waals surface area contributed by atoms with Gasteiger partial charge in [-0.1, -0.05) is 44.2 Å². The maximum atomic E-state index is 12.8. The van der Waals surface area contributed by atoms with Gasteiger partial charge in [-0.3, -0.25) is 9.59 Å². The Bertz CT molecular complexity index is 907. The standard InChI is InChI=1S/C25H31N3O2/c1-18(2)19-9-11-21(12-10-19)26-22-7-5-14-27(17-22)24(29)13-15-28-16-20-6-3-4-8-23(20)25(28)30/h3-4,6,8-12,18,22,26H,5,7,13-17H2,1-2H3/t22-/m0/s1. The molecule has 1 fully saturated rings. The summed E-state index contributed by atoms with van der Waals surface area (Å²) in [5, 5.41) is 3.59. The van der Waals surface area contributed by atoms with Gasteiger partial charge in [0.25, 0.3) is 5.91 Å². The molecule has 0 aromatic heterocycles. The van der Waals surface area contributed by atoms with Crippen molar-refractivity contribution in [2.45, 2.75) is 51.6 Å². The van der Waals surface area contributed by atoms with Crippen LogP contribution in [0.3, 0.4) is 0 Å². The van der Waals surface area contributed by atoms with Gasteiger partial charge in [0.1, 0.15) is 0 Å². The van der Waals surface area contributed by atoms with E-state index in [4.69, 9.17) is 0 Å². The Labute approximate surface area is 179 Å². The first-order valence-electron chi connectivity index (χ1n) is 11.0. The molecule has 0 bridgehead atoms. The summed E-state index contributed by atoms with van der Waals surface area (Å²) in [6, 6.07) is 16.6. The van der Waals surface area contributed by atoms with Crippen LogP contribution in [0.4, 0.5) is 5.69 Å². The first-order valence-corrected chi connectivity index (χ1v) is 11.0. The summed E-state index contributed by atoms with van der Waals surface area (Å²) < 4.78 is 0. The summed E-state index contributed by atoms with van der Waals surface area (Å²) in [5.41, 5.74) is 4.27. The highest BCUT2D eigenvalue weighted by Gasteiger charge is 2.28. The molecule has 2 aromatic rings. The number of carbonyl (C=O) groups is 2. The fourth-order valence-corrected chi connectivity index (χ4v) is 4.41. The number of likely N-dealkylation sites (tertiary alicyclic amines) is 1. The van der Waals surface area contributed by atoms with Crippen LogP contribution in [-0.4, -0.2) is 47.3 Å². The fourth-order valence-electron chi connectivity index (χ4n) is 4.41. The molecular weight excluding hydrogens is 374 g/mol. The number of carbonyl (C=O) groups excluding carboxylic acids is 2. The molecular formula is C25H31N3O2. The second-order valence-electron chi connectivity index (χ2n) is 8.73. The highest BCUT2D eigenvalue weighted by atomic mass is 16.2. The number of piperidine rings is 1. The summed E-state index contributed by atoms with van der Waals surface area (Å²) in [4.78, 5) is 29.1. The lowest BCUT2D eigenvalue weighted by Crippen LogP contribution is -2.45. The molecule has 158 valence electrons. The van der Waals surface area contributed by atoms with Crippen molar-refractivity contribution >= 4 is 17.5 Å². The molecule has 0 unspecified atom stereocenters. The minimum absolute atomic E-state index is 0.0430. The Morgan fingerprint density at radius 1 is 1.13 bits per heavy atom. The summed E-state index contributed by atoms with van der Waals surface area (Å²) in [7, 11) is 0. The number of nitrogens with zero attached hydrogens (tertiary/aromatic N) is 2. The van der Waals surface area contributed by atoms with Crippen molar-refractivity contribution in [2.75, 3.05) is 25.0 Å². The van der Waals surface area contributed by atoms with Crippen molar-refractivity contribution in [2.24, 2.45) is 0 Å².